The molecule has 0 saturated heterocycles. The quantitative estimate of drug-likeness (QED) is 0.0900. The van der Waals surface area contributed by atoms with Crippen LogP contribution >= 0.6 is 0 Å². The van der Waals surface area contributed by atoms with Crippen LogP contribution in [0.2, 0.25) is 0 Å². The number of nitrogens with zero attached hydrogens (tertiary/aromatic N) is 1. The molecule has 0 heterocycles. The number of rotatable bonds is 24. The first kappa shape index (κ1) is 31.4. The van der Waals surface area contributed by atoms with Crippen LogP contribution in [0, 0.1) is 4.91 Å². The van der Waals surface area contributed by atoms with Gasteiger partial charge in [-0.2, -0.15) is 9.68 Å². The molecule has 0 aromatic rings. The predicted molar refractivity (Wildman–Crippen MR) is 126 cm³/mol. The molecule has 0 aliphatic rings. The van der Waals surface area contributed by atoms with Crippen molar-refractivity contribution in [2.75, 3.05) is 13.2 Å². The van der Waals surface area contributed by atoms with Gasteiger partial charge in [-0.3, -0.25) is 0 Å². The molecule has 0 radical (unpaired) electrons. The van der Waals surface area contributed by atoms with E-state index in [1.165, 1.54) is 103 Å². The summed E-state index contributed by atoms with van der Waals surface area (Å²) in [4.78, 5) is 21.6. The van der Waals surface area contributed by atoms with Crippen molar-refractivity contribution in [3.63, 3.8) is 0 Å². The van der Waals surface area contributed by atoms with E-state index in [1.54, 1.807) is 0 Å². The van der Waals surface area contributed by atoms with Crippen LogP contribution in [0.4, 0.5) is 0 Å². The Kier molecular flexibility index (Phi) is 30.5. The van der Waals surface area contributed by atoms with Gasteiger partial charge in [-0.15, -0.1) is 0 Å². The zero-order valence-corrected chi connectivity index (χ0v) is 19.2. The van der Waals surface area contributed by atoms with Gasteiger partial charge >= 0.3 is 34.6 Å². The standard InChI is InChI=1S/C24H50NO3.Na.H/c1-3-5-7-9-11-13-15-17-19-21-23-27-25(26)28-24-22-20-18-16-14-12-10-8-6-4-2;;/h3-24H2,1-2H3;;/q+1;;. The van der Waals surface area contributed by atoms with Crippen LogP contribution in [0.5, 0.6) is 0 Å². The topological polar surface area (TPSA) is 38.5 Å². The molecular formula is C24H51NNaO3+. The zero-order chi connectivity index (χ0) is 20.5. The van der Waals surface area contributed by atoms with Gasteiger partial charge in [0, 0.05) is 0 Å². The van der Waals surface area contributed by atoms with E-state index in [1.807, 2.05) is 0 Å². The third-order valence-electron chi connectivity index (χ3n) is 5.39. The van der Waals surface area contributed by atoms with Gasteiger partial charge in [-0.25, -0.2) is 0 Å². The zero-order valence-electron chi connectivity index (χ0n) is 19.2. The fourth-order valence-electron chi connectivity index (χ4n) is 3.49. The molecule has 0 spiro atoms. The van der Waals surface area contributed by atoms with Crippen LogP contribution in [0.15, 0.2) is 0 Å². The summed E-state index contributed by atoms with van der Waals surface area (Å²) >= 11 is 0. The van der Waals surface area contributed by atoms with Gasteiger partial charge in [0.25, 0.3) is 0 Å². The number of hydrogen-bond donors (Lipinski definition) is 0. The van der Waals surface area contributed by atoms with E-state index in [0.717, 1.165) is 25.7 Å². The summed E-state index contributed by atoms with van der Waals surface area (Å²) in [6.45, 7) is 5.46. The molecule has 0 aromatic heterocycles. The minimum absolute atomic E-state index is 0. The van der Waals surface area contributed by atoms with Gasteiger partial charge in [0.05, 0.1) is 0 Å². The number of hydrogen-bond acceptors (Lipinski definition) is 3. The molecule has 4 nitrogen and oxygen atoms in total. The van der Waals surface area contributed by atoms with Gasteiger partial charge in [-0.05, 0) is 25.7 Å². The molecule has 0 amide bonds. The second-order valence-corrected chi connectivity index (χ2v) is 8.25. The Balaban J connectivity index is 0. The normalized spacial score (nSPS) is 10.6. The van der Waals surface area contributed by atoms with Gasteiger partial charge in [-0.1, -0.05) is 117 Å². The molecule has 0 aromatic carbocycles. The molecule has 0 saturated carbocycles. The van der Waals surface area contributed by atoms with Gasteiger partial charge in [0.2, 0.25) is 0 Å². The van der Waals surface area contributed by atoms with E-state index in [2.05, 4.69) is 13.8 Å². The average molecular weight is 425 g/mol. The van der Waals surface area contributed by atoms with Crippen molar-refractivity contribution >= 4 is 29.6 Å². The molecule has 0 bridgehead atoms. The van der Waals surface area contributed by atoms with Crippen LogP contribution in [-0.2, 0) is 9.68 Å². The Hall–Kier alpha value is 0.200. The Labute approximate surface area is 204 Å². The minimum atomic E-state index is 0. The van der Waals surface area contributed by atoms with Crippen molar-refractivity contribution in [2.24, 2.45) is 0 Å². The molecule has 29 heavy (non-hydrogen) atoms. The molecule has 0 aliphatic heterocycles. The number of unbranched alkanes of at least 4 members (excludes halogenated alkanes) is 18. The molecule has 0 atom stereocenters. The Morgan fingerprint density at radius 3 is 0.966 bits per heavy atom. The van der Waals surface area contributed by atoms with Crippen LogP contribution in [-0.4, -0.2) is 47.9 Å². The maximum atomic E-state index is 11.4. The van der Waals surface area contributed by atoms with Crippen molar-refractivity contribution in [1.29, 1.82) is 0 Å². The first-order chi connectivity index (χ1) is 13.8. The SMILES string of the molecule is CCCCCCCCCCCCO[N+](=O)OCCCCCCCCCCCC.[NaH]. The molecule has 0 aliphatic carbocycles. The maximum absolute atomic E-state index is 11.4. The predicted octanol–water partition coefficient (Wildman–Crippen LogP) is 7.82. The average Bonchev–Trinajstić information content (AvgIpc) is 2.70. The Morgan fingerprint density at radius 1 is 0.448 bits per heavy atom. The second kappa shape index (κ2) is 28.2. The summed E-state index contributed by atoms with van der Waals surface area (Å²) in [5.74, 6) is 0. The van der Waals surface area contributed by atoms with Crippen LogP contribution in [0.3, 0.4) is 0 Å². The van der Waals surface area contributed by atoms with E-state index >= 15 is 0 Å². The summed E-state index contributed by atoms with van der Waals surface area (Å²) in [5, 5.41) is 0.321. The molecule has 0 rings (SSSR count). The van der Waals surface area contributed by atoms with Crippen molar-refractivity contribution in [1.82, 2.24) is 0 Å². The second-order valence-electron chi connectivity index (χ2n) is 8.25. The fourth-order valence-corrected chi connectivity index (χ4v) is 3.49. The molecule has 0 unspecified atom stereocenters. The summed E-state index contributed by atoms with van der Waals surface area (Å²) in [6, 6.07) is 0. The summed E-state index contributed by atoms with van der Waals surface area (Å²) in [7, 11) is 0. The fraction of sp³-hybridized carbons (Fsp3) is 1.00. The van der Waals surface area contributed by atoms with E-state index in [9.17, 15) is 4.91 Å². The summed E-state index contributed by atoms with van der Waals surface area (Å²) in [6.07, 6.45) is 25.7. The molecule has 170 valence electrons. The third kappa shape index (κ3) is 28.2. The van der Waals surface area contributed by atoms with E-state index < -0.39 is 0 Å². The first-order valence-corrected chi connectivity index (χ1v) is 12.5. The van der Waals surface area contributed by atoms with Crippen LogP contribution in [0.1, 0.15) is 142 Å². The monoisotopic (exact) mass is 424 g/mol. The van der Waals surface area contributed by atoms with Crippen LogP contribution in [0.25, 0.3) is 0 Å². The molecular weight excluding hydrogens is 373 g/mol. The third-order valence-corrected chi connectivity index (χ3v) is 5.39. The van der Waals surface area contributed by atoms with Crippen molar-refractivity contribution in [2.45, 2.75) is 142 Å². The van der Waals surface area contributed by atoms with E-state index in [4.69, 9.17) is 9.68 Å². The van der Waals surface area contributed by atoms with E-state index in [0.29, 0.717) is 18.3 Å². The van der Waals surface area contributed by atoms with Crippen molar-refractivity contribution in [3.8, 4) is 0 Å². The Bertz CT molecular complexity index is 289. The molecule has 5 heteroatoms. The first-order valence-electron chi connectivity index (χ1n) is 12.5. The Morgan fingerprint density at radius 2 is 0.690 bits per heavy atom. The van der Waals surface area contributed by atoms with Gasteiger partial charge in [0.1, 0.15) is 4.91 Å². The molecule has 0 N–H and O–H groups in total. The van der Waals surface area contributed by atoms with E-state index in [-0.39, 0.29) is 29.6 Å². The van der Waals surface area contributed by atoms with Gasteiger partial charge in [0.15, 0.2) is 13.2 Å². The van der Waals surface area contributed by atoms with Gasteiger partial charge < -0.3 is 0 Å². The summed E-state index contributed by atoms with van der Waals surface area (Å²) in [5.41, 5.74) is 0. The van der Waals surface area contributed by atoms with Crippen molar-refractivity contribution < 1.29 is 14.8 Å². The summed E-state index contributed by atoms with van der Waals surface area (Å²) < 4.78 is 0. The molecule has 0 fully saturated rings. The van der Waals surface area contributed by atoms with Crippen LogP contribution < -0.4 is 0 Å². The van der Waals surface area contributed by atoms with Crippen molar-refractivity contribution in [3.05, 3.63) is 4.91 Å².